The summed E-state index contributed by atoms with van der Waals surface area (Å²) in [5.41, 5.74) is 0. The van der Waals surface area contributed by atoms with Gasteiger partial charge in [-0.25, -0.2) is 0 Å². The summed E-state index contributed by atoms with van der Waals surface area (Å²) < 4.78 is 0.732. The lowest BCUT2D eigenvalue weighted by atomic mass is 10.3. The van der Waals surface area contributed by atoms with Gasteiger partial charge in [0.2, 0.25) is 16.9 Å². The van der Waals surface area contributed by atoms with Gasteiger partial charge in [-0.3, -0.25) is 9.59 Å². The lowest BCUT2D eigenvalue weighted by Gasteiger charge is -2.20. The third-order valence-electron chi connectivity index (χ3n) is 2.46. The van der Waals surface area contributed by atoms with Crippen molar-refractivity contribution in [2.45, 2.75) is 31.2 Å². The van der Waals surface area contributed by atoms with E-state index in [2.05, 4.69) is 20.8 Å². The van der Waals surface area contributed by atoms with Crippen molar-refractivity contribution in [1.29, 1.82) is 0 Å². The molecule has 1 heterocycles. The topological polar surface area (TPSA) is 87.2 Å². The van der Waals surface area contributed by atoms with Gasteiger partial charge in [0, 0.05) is 19.6 Å². The molecule has 7 nitrogen and oxygen atoms in total. The fourth-order valence-corrected chi connectivity index (χ4v) is 3.11. The number of carbonyl (C=O) groups is 2. The van der Waals surface area contributed by atoms with Crippen LogP contribution in [0.1, 0.15) is 20.8 Å². The first kappa shape index (κ1) is 17.7. The van der Waals surface area contributed by atoms with Crippen molar-refractivity contribution in [3.63, 3.8) is 0 Å². The van der Waals surface area contributed by atoms with E-state index in [0.29, 0.717) is 11.7 Å². The van der Waals surface area contributed by atoms with E-state index < -0.39 is 0 Å². The first-order chi connectivity index (χ1) is 9.96. The number of rotatable bonds is 8. The second kappa shape index (κ2) is 8.83. The second-order valence-electron chi connectivity index (χ2n) is 4.54. The van der Waals surface area contributed by atoms with Gasteiger partial charge in [0.1, 0.15) is 0 Å². The Morgan fingerprint density at radius 1 is 1.38 bits per heavy atom. The molecule has 21 heavy (non-hydrogen) atoms. The Morgan fingerprint density at radius 2 is 2.10 bits per heavy atom. The van der Waals surface area contributed by atoms with Crippen LogP contribution in [-0.4, -0.2) is 58.8 Å². The van der Waals surface area contributed by atoms with Crippen LogP contribution in [0.25, 0.3) is 0 Å². The van der Waals surface area contributed by atoms with Crippen molar-refractivity contribution in [1.82, 2.24) is 20.4 Å². The van der Waals surface area contributed by atoms with E-state index in [9.17, 15) is 9.59 Å². The molecule has 9 heteroatoms. The largest absolute Gasteiger partial charge is 0.363 e. The van der Waals surface area contributed by atoms with Gasteiger partial charge in [-0.2, -0.15) is 0 Å². The summed E-state index contributed by atoms with van der Waals surface area (Å²) in [6.07, 6.45) is 0. The van der Waals surface area contributed by atoms with E-state index in [0.717, 1.165) is 4.34 Å². The minimum Gasteiger partial charge on any atom is -0.363 e. The van der Waals surface area contributed by atoms with Gasteiger partial charge in [-0.15, -0.1) is 10.2 Å². The molecule has 0 unspecified atom stereocenters. The van der Waals surface area contributed by atoms with E-state index in [4.69, 9.17) is 0 Å². The molecule has 1 aromatic heterocycles. The predicted octanol–water partition coefficient (Wildman–Crippen LogP) is 1.04. The summed E-state index contributed by atoms with van der Waals surface area (Å²) in [5, 5.41) is 14.3. The zero-order chi connectivity index (χ0) is 15.8. The maximum absolute atomic E-state index is 12.1. The number of aromatic nitrogens is 2. The van der Waals surface area contributed by atoms with Crippen LogP contribution in [0.15, 0.2) is 4.34 Å². The summed E-state index contributed by atoms with van der Waals surface area (Å²) >= 11 is 2.73. The number of carbonyl (C=O) groups excluding carboxylic acids is 2. The van der Waals surface area contributed by atoms with Crippen LogP contribution in [0, 0.1) is 0 Å². The Hall–Kier alpha value is -1.35. The molecule has 0 fully saturated rings. The molecule has 0 aromatic carbocycles. The molecule has 2 amide bonds. The molecule has 0 aliphatic rings. The van der Waals surface area contributed by atoms with Crippen LogP contribution < -0.4 is 10.6 Å². The molecule has 0 aliphatic heterocycles. The average Bonchev–Trinajstić information content (AvgIpc) is 2.89. The quantitative estimate of drug-likeness (QED) is 0.692. The van der Waals surface area contributed by atoms with Gasteiger partial charge in [-0.1, -0.05) is 23.1 Å². The van der Waals surface area contributed by atoms with E-state index in [-0.39, 0.29) is 30.2 Å². The Bertz CT molecular complexity index is 478. The number of thioether (sulfide) groups is 1. The van der Waals surface area contributed by atoms with Crippen molar-refractivity contribution in [3.8, 4) is 0 Å². The number of nitrogens with zero attached hydrogens (tertiary/aromatic N) is 3. The van der Waals surface area contributed by atoms with Crippen LogP contribution in [0.5, 0.6) is 0 Å². The molecule has 0 saturated carbocycles. The van der Waals surface area contributed by atoms with E-state index in [1.54, 1.807) is 7.05 Å². The standard InChI is InChI=1S/C12H21N5O2S2/c1-5-17(6-9(18)14-8(2)3)10(19)7-20-12-16-15-11(13-4)21-12/h8H,5-7H2,1-4H3,(H,13,15)(H,14,18). The van der Waals surface area contributed by atoms with Crippen molar-refractivity contribution in [2.75, 3.05) is 31.2 Å². The van der Waals surface area contributed by atoms with Crippen LogP contribution in [0.2, 0.25) is 0 Å². The van der Waals surface area contributed by atoms with E-state index >= 15 is 0 Å². The van der Waals surface area contributed by atoms with Gasteiger partial charge in [0.25, 0.3) is 0 Å². The monoisotopic (exact) mass is 331 g/mol. The van der Waals surface area contributed by atoms with Crippen molar-refractivity contribution in [2.24, 2.45) is 0 Å². The average molecular weight is 331 g/mol. The number of hydrogen-bond acceptors (Lipinski definition) is 7. The first-order valence-corrected chi connectivity index (χ1v) is 8.47. The third-order valence-corrected chi connectivity index (χ3v) is 4.52. The molecule has 0 atom stereocenters. The highest BCUT2D eigenvalue weighted by atomic mass is 32.2. The normalized spacial score (nSPS) is 10.5. The lowest BCUT2D eigenvalue weighted by Crippen LogP contribution is -2.43. The zero-order valence-corrected chi connectivity index (χ0v) is 14.3. The number of amides is 2. The van der Waals surface area contributed by atoms with Crippen molar-refractivity contribution in [3.05, 3.63) is 0 Å². The van der Waals surface area contributed by atoms with Crippen LogP contribution >= 0.6 is 23.1 Å². The SMILES string of the molecule is CCN(CC(=O)NC(C)C)C(=O)CSc1nnc(NC)s1. The minimum atomic E-state index is -0.140. The summed E-state index contributed by atoms with van der Waals surface area (Å²) in [6, 6.07) is 0.0713. The van der Waals surface area contributed by atoms with Gasteiger partial charge in [-0.05, 0) is 20.8 Å². The molecule has 2 N–H and O–H groups in total. The van der Waals surface area contributed by atoms with Crippen molar-refractivity contribution >= 4 is 40.0 Å². The van der Waals surface area contributed by atoms with Crippen molar-refractivity contribution < 1.29 is 9.59 Å². The van der Waals surface area contributed by atoms with E-state index in [1.165, 1.54) is 28.0 Å². The maximum atomic E-state index is 12.1. The Kier molecular flexibility index (Phi) is 7.44. The molecule has 0 spiro atoms. The molecule has 0 bridgehead atoms. The molecule has 0 saturated heterocycles. The summed E-state index contributed by atoms with van der Waals surface area (Å²) in [6.45, 7) is 6.23. The highest BCUT2D eigenvalue weighted by molar-refractivity contribution is 8.01. The molecular formula is C12H21N5O2S2. The van der Waals surface area contributed by atoms with Gasteiger partial charge >= 0.3 is 0 Å². The number of likely N-dealkylation sites (N-methyl/N-ethyl adjacent to an activating group) is 1. The molecule has 1 aromatic rings. The van der Waals surface area contributed by atoms with Gasteiger partial charge in [0.05, 0.1) is 12.3 Å². The lowest BCUT2D eigenvalue weighted by molar-refractivity contribution is -0.134. The number of hydrogen-bond donors (Lipinski definition) is 2. The van der Waals surface area contributed by atoms with Gasteiger partial charge < -0.3 is 15.5 Å². The van der Waals surface area contributed by atoms with Crippen LogP contribution in [-0.2, 0) is 9.59 Å². The first-order valence-electron chi connectivity index (χ1n) is 6.67. The molecule has 1 rings (SSSR count). The molecule has 0 radical (unpaired) electrons. The van der Waals surface area contributed by atoms with Crippen LogP contribution in [0.3, 0.4) is 0 Å². The highest BCUT2D eigenvalue weighted by Gasteiger charge is 2.17. The van der Waals surface area contributed by atoms with E-state index in [1.807, 2.05) is 20.8 Å². The second-order valence-corrected chi connectivity index (χ2v) is 6.74. The van der Waals surface area contributed by atoms with Gasteiger partial charge in [0.15, 0.2) is 4.34 Å². The maximum Gasteiger partial charge on any atom is 0.239 e. The third kappa shape index (κ3) is 6.30. The highest BCUT2D eigenvalue weighted by Crippen LogP contribution is 2.25. The molecule has 0 aliphatic carbocycles. The number of anilines is 1. The summed E-state index contributed by atoms with van der Waals surface area (Å²) in [5.74, 6) is 0.0300. The Labute approximate surface area is 132 Å². The zero-order valence-electron chi connectivity index (χ0n) is 12.7. The molecule has 118 valence electrons. The predicted molar refractivity (Wildman–Crippen MR) is 85.7 cm³/mol. The fourth-order valence-electron chi connectivity index (χ4n) is 1.50. The minimum absolute atomic E-state index is 0.0713. The number of nitrogens with one attached hydrogen (secondary N) is 2. The Balaban J connectivity index is 2.45. The smallest absolute Gasteiger partial charge is 0.239 e. The summed E-state index contributed by atoms with van der Waals surface area (Å²) in [4.78, 5) is 25.3. The fraction of sp³-hybridized carbons (Fsp3) is 0.667. The van der Waals surface area contributed by atoms with Crippen LogP contribution in [0.4, 0.5) is 5.13 Å². The Morgan fingerprint density at radius 3 is 2.62 bits per heavy atom. The summed E-state index contributed by atoms with van der Waals surface area (Å²) in [7, 11) is 1.77. The molecular weight excluding hydrogens is 310 g/mol.